The molecule has 144 valence electrons. The van der Waals surface area contributed by atoms with Crippen molar-refractivity contribution in [3.05, 3.63) is 41.3 Å². The van der Waals surface area contributed by atoms with Crippen LogP contribution in [0.15, 0.2) is 24.3 Å². The molecule has 1 aliphatic heterocycles. The SMILES string of the molecule is Cc1cc(OCC(=O)Nc2ccc(C)c(F)c2)nc(N2CCCCCC2)n1. The van der Waals surface area contributed by atoms with E-state index in [2.05, 4.69) is 20.2 Å². The van der Waals surface area contributed by atoms with Crippen LogP contribution in [0, 0.1) is 19.7 Å². The molecule has 27 heavy (non-hydrogen) atoms. The summed E-state index contributed by atoms with van der Waals surface area (Å²) in [5.74, 6) is 0.285. The lowest BCUT2D eigenvalue weighted by Gasteiger charge is -2.21. The second kappa shape index (κ2) is 8.79. The van der Waals surface area contributed by atoms with Gasteiger partial charge in [-0.05, 0) is 44.4 Å². The first kappa shape index (κ1) is 19.1. The highest BCUT2D eigenvalue weighted by molar-refractivity contribution is 5.91. The number of halogens is 1. The molecule has 0 aliphatic carbocycles. The highest BCUT2D eigenvalue weighted by Gasteiger charge is 2.15. The Balaban J connectivity index is 1.61. The van der Waals surface area contributed by atoms with Crippen LogP contribution in [-0.2, 0) is 4.79 Å². The summed E-state index contributed by atoms with van der Waals surface area (Å²) in [6.45, 7) is 5.21. The lowest BCUT2D eigenvalue weighted by molar-refractivity contribution is -0.118. The zero-order valence-corrected chi connectivity index (χ0v) is 15.8. The molecule has 1 amide bonds. The first-order valence-electron chi connectivity index (χ1n) is 9.31. The van der Waals surface area contributed by atoms with Gasteiger partial charge in [-0.3, -0.25) is 4.79 Å². The van der Waals surface area contributed by atoms with Gasteiger partial charge >= 0.3 is 0 Å². The first-order chi connectivity index (χ1) is 13.0. The number of rotatable bonds is 5. The van der Waals surface area contributed by atoms with E-state index in [1.54, 1.807) is 25.1 Å². The minimum absolute atomic E-state index is 0.203. The van der Waals surface area contributed by atoms with E-state index in [1.165, 1.54) is 18.9 Å². The maximum atomic E-state index is 13.6. The van der Waals surface area contributed by atoms with Gasteiger partial charge in [0, 0.05) is 30.5 Å². The molecule has 1 N–H and O–H groups in total. The van der Waals surface area contributed by atoms with Crippen molar-refractivity contribution >= 4 is 17.5 Å². The summed E-state index contributed by atoms with van der Waals surface area (Å²) >= 11 is 0. The molecule has 2 heterocycles. The van der Waals surface area contributed by atoms with Gasteiger partial charge in [-0.1, -0.05) is 18.9 Å². The van der Waals surface area contributed by atoms with Crippen molar-refractivity contribution in [2.24, 2.45) is 0 Å². The zero-order valence-electron chi connectivity index (χ0n) is 15.8. The van der Waals surface area contributed by atoms with Crippen LogP contribution in [0.4, 0.5) is 16.0 Å². The standard InChI is InChI=1S/C20H25FN4O2/c1-14-7-8-16(12-17(14)21)23-18(26)13-27-19-11-15(2)22-20(24-19)25-9-5-3-4-6-10-25/h7-8,11-12H,3-6,9-10,13H2,1-2H3,(H,23,26). The quantitative estimate of drug-likeness (QED) is 0.868. The summed E-state index contributed by atoms with van der Waals surface area (Å²) in [7, 11) is 0. The van der Waals surface area contributed by atoms with E-state index in [1.807, 2.05) is 6.92 Å². The van der Waals surface area contributed by atoms with Crippen LogP contribution in [0.5, 0.6) is 5.88 Å². The molecule has 1 fully saturated rings. The van der Waals surface area contributed by atoms with Crippen molar-refractivity contribution in [1.29, 1.82) is 0 Å². The molecule has 0 atom stereocenters. The number of carbonyl (C=O) groups is 1. The third kappa shape index (κ3) is 5.39. The second-order valence-corrected chi connectivity index (χ2v) is 6.85. The van der Waals surface area contributed by atoms with E-state index in [-0.39, 0.29) is 18.3 Å². The number of hydrogen-bond donors (Lipinski definition) is 1. The van der Waals surface area contributed by atoms with E-state index in [4.69, 9.17) is 4.74 Å². The van der Waals surface area contributed by atoms with Crippen LogP contribution in [0.3, 0.4) is 0 Å². The molecule has 2 aromatic rings. The Morgan fingerprint density at radius 1 is 1.15 bits per heavy atom. The Bertz CT molecular complexity index is 805. The predicted molar refractivity (Wildman–Crippen MR) is 103 cm³/mol. The van der Waals surface area contributed by atoms with Gasteiger partial charge < -0.3 is 15.0 Å². The Morgan fingerprint density at radius 2 is 1.89 bits per heavy atom. The molecule has 0 radical (unpaired) electrons. The molecule has 0 unspecified atom stereocenters. The number of ether oxygens (including phenoxy) is 1. The van der Waals surface area contributed by atoms with Crippen molar-refractivity contribution in [3.63, 3.8) is 0 Å². The van der Waals surface area contributed by atoms with E-state index < -0.39 is 0 Å². The predicted octanol–water partition coefficient (Wildman–Crippen LogP) is 3.63. The number of carbonyl (C=O) groups excluding carboxylic acids is 1. The van der Waals surface area contributed by atoms with Crippen molar-refractivity contribution in [3.8, 4) is 5.88 Å². The molecule has 1 aromatic carbocycles. The van der Waals surface area contributed by atoms with Crippen LogP contribution in [0.1, 0.15) is 36.9 Å². The van der Waals surface area contributed by atoms with Gasteiger partial charge in [-0.25, -0.2) is 9.37 Å². The number of anilines is 2. The molecule has 0 spiro atoms. The molecular formula is C20H25FN4O2. The molecule has 1 aliphatic rings. The Morgan fingerprint density at radius 3 is 2.59 bits per heavy atom. The van der Waals surface area contributed by atoms with Crippen LogP contribution in [-0.4, -0.2) is 35.6 Å². The summed E-state index contributed by atoms with van der Waals surface area (Å²) in [6.07, 6.45) is 4.71. The average Bonchev–Trinajstić information content (AvgIpc) is 2.92. The fourth-order valence-electron chi connectivity index (χ4n) is 3.02. The molecule has 3 rings (SSSR count). The van der Waals surface area contributed by atoms with E-state index in [0.29, 0.717) is 23.1 Å². The molecule has 1 saturated heterocycles. The minimum atomic E-state index is -0.370. The van der Waals surface area contributed by atoms with Gasteiger partial charge in [0.05, 0.1) is 0 Å². The van der Waals surface area contributed by atoms with Gasteiger partial charge in [0.2, 0.25) is 11.8 Å². The summed E-state index contributed by atoms with van der Waals surface area (Å²) in [6, 6.07) is 6.27. The molecule has 0 bridgehead atoms. The van der Waals surface area contributed by atoms with Gasteiger partial charge in [0.25, 0.3) is 5.91 Å². The normalized spacial score (nSPS) is 14.6. The van der Waals surface area contributed by atoms with Crippen LogP contribution in [0.2, 0.25) is 0 Å². The topological polar surface area (TPSA) is 67.3 Å². The molecule has 6 nitrogen and oxygen atoms in total. The van der Waals surface area contributed by atoms with E-state index in [0.717, 1.165) is 31.6 Å². The van der Waals surface area contributed by atoms with E-state index >= 15 is 0 Å². The molecule has 1 aromatic heterocycles. The Kier molecular flexibility index (Phi) is 6.21. The number of benzene rings is 1. The summed E-state index contributed by atoms with van der Waals surface area (Å²) in [5.41, 5.74) is 1.72. The maximum Gasteiger partial charge on any atom is 0.262 e. The van der Waals surface area contributed by atoms with Gasteiger partial charge in [0.15, 0.2) is 6.61 Å². The summed E-state index contributed by atoms with van der Waals surface area (Å²) in [5, 5.41) is 2.62. The van der Waals surface area contributed by atoms with Crippen molar-refractivity contribution in [2.75, 3.05) is 29.9 Å². The largest absolute Gasteiger partial charge is 0.467 e. The van der Waals surface area contributed by atoms with Gasteiger partial charge in [-0.2, -0.15) is 4.98 Å². The van der Waals surface area contributed by atoms with Crippen molar-refractivity contribution < 1.29 is 13.9 Å². The van der Waals surface area contributed by atoms with Gasteiger partial charge in [0.1, 0.15) is 5.82 Å². The number of aryl methyl sites for hydroxylation is 2. The number of aromatic nitrogens is 2. The monoisotopic (exact) mass is 372 g/mol. The van der Waals surface area contributed by atoms with E-state index in [9.17, 15) is 9.18 Å². The number of amides is 1. The highest BCUT2D eigenvalue weighted by atomic mass is 19.1. The number of nitrogens with one attached hydrogen (secondary N) is 1. The first-order valence-corrected chi connectivity index (χ1v) is 9.31. The second-order valence-electron chi connectivity index (χ2n) is 6.85. The van der Waals surface area contributed by atoms with Gasteiger partial charge in [-0.15, -0.1) is 0 Å². The number of hydrogen-bond acceptors (Lipinski definition) is 5. The highest BCUT2D eigenvalue weighted by Crippen LogP contribution is 2.19. The zero-order chi connectivity index (χ0) is 19.2. The minimum Gasteiger partial charge on any atom is -0.467 e. The smallest absolute Gasteiger partial charge is 0.262 e. The van der Waals surface area contributed by atoms with Crippen LogP contribution in [0.25, 0.3) is 0 Å². The van der Waals surface area contributed by atoms with Crippen molar-refractivity contribution in [2.45, 2.75) is 39.5 Å². The lowest BCUT2D eigenvalue weighted by atomic mass is 10.2. The van der Waals surface area contributed by atoms with Crippen LogP contribution >= 0.6 is 0 Å². The summed E-state index contributed by atoms with van der Waals surface area (Å²) in [4.78, 5) is 23.2. The average molecular weight is 372 g/mol. The van der Waals surface area contributed by atoms with Crippen LogP contribution < -0.4 is 15.0 Å². The number of nitrogens with zero attached hydrogens (tertiary/aromatic N) is 3. The molecule has 0 saturated carbocycles. The summed E-state index contributed by atoms with van der Waals surface area (Å²) < 4.78 is 19.1. The fourth-order valence-corrected chi connectivity index (χ4v) is 3.02. The lowest BCUT2D eigenvalue weighted by Crippen LogP contribution is -2.26. The van der Waals surface area contributed by atoms with Crippen molar-refractivity contribution in [1.82, 2.24) is 9.97 Å². The molecule has 7 heteroatoms. The fraction of sp³-hybridized carbons (Fsp3) is 0.450. The Hall–Kier alpha value is -2.70. The molecular weight excluding hydrogens is 347 g/mol. The third-order valence-electron chi connectivity index (χ3n) is 4.51. The third-order valence-corrected chi connectivity index (χ3v) is 4.51. The maximum absolute atomic E-state index is 13.6. The Labute approximate surface area is 158 Å².